The zero-order chi connectivity index (χ0) is 15.4. The van der Waals surface area contributed by atoms with Crippen LogP contribution in [0.5, 0.6) is 0 Å². The molecule has 0 bridgehead atoms. The van der Waals surface area contributed by atoms with Gasteiger partial charge in [-0.15, -0.1) is 0 Å². The first kappa shape index (κ1) is 15.3. The normalized spacial score (nSPS) is 16.8. The van der Waals surface area contributed by atoms with Crippen LogP contribution in [-0.2, 0) is 0 Å². The van der Waals surface area contributed by atoms with Crippen molar-refractivity contribution in [2.24, 2.45) is 0 Å². The van der Waals surface area contributed by atoms with Gasteiger partial charge in [-0.05, 0) is 24.8 Å². The van der Waals surface area contributed by atoms with Crippen LogP contribution in [0.1, 0.15) is 56.2 Å². The summed E-state index contributed by atoms with van der Waals surface area (Å²) in [6.07, 6.45) is 5.99. The Kier molecular flexibility index (Phi) is 4.98. The third-order valence-electron chi connectivity index (χ3n) is 4.29. The minimum Gasteiger partial charge on any atom is -0.301 e. The lowest BCUT2D eigenvalue weighted by Crippen LogP contribution is -2.14. The number of aromatic nitrogens is 2. The van der Waals surface area contributed by atoms with Crippen LogP contribution in [0.15, 0.2) is 46.3 Å². The van der Waals surface area contributed by atoms with E-state index in [2.05, 4.69) is 24.0 Å². The Morgan fingerprint density at radius 1 is 1.27 bits per heavy atom. The first-order chi connectivity index (χ1) is 10.8. The molecule has 0 spiro atoms. The second kappa shape index (κ2) is 7.14. The molecule has 1 aromatic heterocycles. The highest BCUT2D eigenvalue weighted by atomic mass is 32.2. The highest BCUT2D eigenvalue weighted by molar-refractivity contribution is 7.99. The molecule has 3 nitrogen and oxygen atoms in total. The molecule has 0 saturated heterocycles. The van der Waals surface area contributed by atoms with Crippen LogP contribution in [0.4, 0.5) is 0 Å². The molecular formula is C18H22N2OS. The first-order valence-electron chi connectivity index (χ1n) is 8.09. The lowest BCUT2D eigenvalue weighted by molar-refractivity contribution is 0.718. The summed E-state index contributed by atoms with van der Waals surface area (Å²) in [6, 6.07) is 12.0. The number of nitrogens with one attached hydrogen (secondary N) is 1. The Bertz CT molecular complexity index is 662. The van der Waals surface area contributed by atoms with E-state index >= 15 is 0 Å². The molecule has 1 saturated carbocycles. The molecule has 0 aliphatic heterocycles. The molecule has 1 aliphatic carbocycles. The predicted octanol–water partition coefficient (Wildman–Crippen LogP) is 4.35. The maximum Gasteiger partial charge on any atom is 0.251 e. The third kappa shape index (κ3) is 3.61. The molecule has 0 amide bonds. The summed E-state index contributed by atoms with van der Waals surface area (Å²) in [5, 5.41) is 1.39. The Morgan fingerprint density at radius 3 is 2.68 bits per heavy atom. The molecule has 1 N–H and O–H groups in total. The van der Waals surface area contributed by atoms with Crippen molar-refractivity contribution in [3.05, 3.63) is 58.0 Å². The summed E-state index contributed by atoms with van der Waals surface area (Å²) in [5.74, 6) is 0.187. The molecule has 4 heteroatoms. The number of H-pyrrole nitrogens is 1. The fraction of sp³-hybridized carbons (Fsp3) is 0.444. The molecule has 1 heterocycles. The summed E-state index contributed by atoms with van der Waals surface area (Å²) in [5.41, 5.74) is 2.07. The average molecular weight is 314 g/mol. The van der Waals surface area contributed by atoms with Gasteiger partial charge in [0.15, 0.2) is 5.16 Å². The molecule has 116 valence electrons. The van der Waals surface area contributed by atoms with Crippen LogP contribution >= 0.6 is 11.8 Å². The Balaban J connectivity index is 1.88. The second-order valence-electron chi connectivity index (χ2n) is 5.87. The number of hydrogen-bond acceptors (Lipinski definition) is 3. The van der Waals surface area contributed by atoms with E-state index in [4.69, 9.17) is 4.98 Å². The molecule has 1 unspecified atom stereocenters. The zero-order valence-electron chi connectivity index (χ0n) is 12.9. The van der Waals surface area contributed by atoms with E-state index in [-0.39, 0.29) is 11.5 Å². The summed E-state index contributed by atoms with van der Waals surface area (Å²) < 4.78 is 0. The lowest BCUT2D eigenvalue weighted by atomic mass is 9.93. The first-order valence-corrected chi connectivity index (χ1v) is 8.97. The quantitative estimate of drug-likeness (QED) is 0.835. The lowest BCUT2D eigenvalue weighted by Gasteiger charge is -2.16. The average Bonchev–Trinajstić information content (AvgIpc) is 3.01. The standard InChI is InChI=1S/C18H22N2OS/c1-2-15(13-8-4-3-5-9-13)16-12-17(21)20-18(19-16)22-14-10-6-7-11-14/h3-5,8-9,12,14-15H,2,6-7,10-11H2,1H3,(H,19,20,21). The van der Waals surface area contributed by atoms with Crippen LogP contribution in [-0.4, -0.2) is 15.2 Å². The Hall–Kier alpha value is -1.55. The molecule has 22 heavy (non-hydrogen) atoms. The molecule has 1 aliphatic rings. The van der Waals surface area contributed by atoms with Crippen LogP contribution in [0.2, 0.25) is 0 Å². The topological polar surface area (TPSA) is 45.8 Å². The van der Waals surface area contributed by atoms with E-state index in [9.17, 15) is 4.79 Å². The largest absolute Gasteiger partial charge is 0.301 e. The van der Waals surface area contributed by atoms with Crippen LogP contribution < -0.4 is 5.56 Å². The predicted molar refractivity (Wildman–Crippen MR) is 91.5 cm³/mol. The Labute approximate surface area is 135 Å². The van der Waals surface area contributed by atoms with E-state index in [1.54, 1.807) is 17.8 Å². The fourth-order valence-corrected chi connectivity index (χ4v) is 4.36. The summed E-state index contributed by atoms with van der Waals surface area (Å²) in [6.45, 7) is 2.14. The summed E-state index contributed by atoms with van der Waals surface area (Å²) >= 11 is 1.74. The maximum absolute atomic E-state index is 12.0. The summed E-state index contributed by atoms with van der Waals surface area (Å²) in [7, 11) is 0. The molecular weight excluding hydrogens is 292 g/mol. The SMILES string of the molecule is CCC(c1ccccc1)c1cc(=O)[nH]c(SC2CCCC2)n1. The van der Waals surface area contributed by atoms with Gasteiger partial charge < -0.3 is 4.98 Å². The smallest absolute Gasteiger partial charge is 0.251 e. The van der Waals surface area contributed by atoms with Gasteiger partial charge in [0.25, 0.3) is 5.56 Å². The van der Waals surface area contributed by atoms with E-state index in [0.29, 0.717) is 5.25 Å². The monoisotopic (exact) mass is 314 g/mol. The molecule has 1 atom stereocenters. The van der Waals surface area contributed by atoms with Gasteiger partial charge in [-0.1, -0.05) is 61.9 Å². The number of hydrogen-bond donors (Lipinski definition) is 1. The number of aromatic amines is 1. The number of rotatable bonds is 5. The maximum atomic E-state index is 12.0. The van der Waals surface area contributed by atoms with E-state index in [1.807, 2.05) is 18.2 Å². The highest BCUT2D eigenvalue weighted by Gasteiger charge is 2.19. The van der Waals surface area contributed by atoms with Gasteiger partial charge in [-0.25, -0.2) is 4.98 Å². The van der Waals surface area contributed by atoms with Crippen molar-refractivity contribution in [3.63, 3.8) is 0 Å². The minimum absolute atomic E-state index is 0.0418. The van der Waals surface area contributed by atoms with Gasteiger partial charge in [-0.2, -0.15) is 0 Å². The van der Waals surface area contributed by atoms with Crippen molar-refractivity contribution in [2.75, 3.05) is 0 Å². The van der Waals surface area contributed by atoms with Gasteiger partial charge in [0.2, 0.25) is 0 Å². The summed E-state index contributed by atoms with van der Waals surface area (Å²) in [4.78, 5) is 19.7. The number of nitrogens with zero attached hydrogens (tertiary/aromatic N) is 1. The van der Waals surface area contributed by atoms with Gasteiger partial charge in [0, 0.05) is 17.2 Å². The molecule has 3 rings (SSSR count). The van der Waals surface area contributed by atoms with Gasteiger partial charge >= 0.3 is 0 Å². The Morgan fingerprint density at radius 2 is 2.00 bits per heavy atom. The van der Waals surface area contributed by atoms with Crippen molar-refractivity contribution >= 4 is 11.8 Å². The number of benzene rings is 1. The number of thioether (sulfide) groups is 1. The van der Waals surface area contributed by atoms with E-state index < -0.39 is 0 Å². The second-order valence-corrected chi connectivity index (χ2v) is 7.16. The van der Waals surface area contributed by atoms with Crippen molar-refractivity contribution in [3.8, 4) is 0 Å². The van der Waals surface area contributed by atoms with E-state index in [0.717, 1.165) is 17.3 Å². The van der Waals surface area contributed by atoms with Crippen molar-refractivity contribution < 1.29 is 0 Å². The molecule has 2 aromatic rings. The van der Waals surface area contributed by atoms with Crippen LogP contribution in [0.3, 0.4) is 0 Å². The zero-order valence-corrected chi connectivity index (χ0v) is 13.7. The van der Waals surface area contributed by atoms with Gasteiger partial charge in [-0.3, -0.25) is 4.79 Å². The van der Waals surface area contributed by atoms with Gasteiger partial charge in [0.1, 0.15) is 0 Å². The molecule has 0 radical (unpaired) electrons. The molecule has 1 aromatic carbocycles. The van der Waals surface area contributed by atoms with E-state index in [1.165, 1.54) is 31.2 Å². The fourth-order valence-electron chi connectivity index (χ4n) is 3.15. The highest BCUT2D eigenvalue weighted by Crippen LogP contribution is 2.33. The van der Waals surface area contributed by atoms with Crippen molar-refractivity contribution in [1.29, 1.82) is 0 Å². The van der Waals surface area contributed by atoms with Crippen molar-refractivity contribution in [1.82, 2.24) is 9.97 Å². The van der Waals surface area contributed by atoms with Crippen molar-refractivity contribution in [2.45, 2.75) is 55.4 Å². The minimum atomic E-state index is -0.0418. The third-order valence-corrected chi connectivity index (χ3v) is 5.51. The van der Waals surface area contributed by atoms with Crippen LogP contribution in [0.25, 0.3) is 0 Å². The van der Waals surface area contributed by atoms with Gasteiger partial charge in [0.05, 0.1) is 5.69 Å². The van der Waals surface area contributed by atoms with Crippen LogP contribution in [0, 0.1) is 0 Å². The molecule has 1 fully saturated rings.